The molecule has 0 spiro atoms. The largest absolute Gasteiger partial charge is 0.350 e. The third-order valence-electron chi connectivity index (χ3n) is 5.70. The fraction of sp³-hybridized carbons (Fsp3) is 0.458. The second-order valence-electron chi connectivity index (χ2n) is 9.41. The molecule has 1 saturated heterocycles. The van der Waals surface area contributed by atoms with Gasteiger partial charge in [-0.15, -0.1) is 11.3 Å². The Morgan fingerprint density at radius 1 is 1.24 bits per heavy atom. The summed E-state index contributed by atoms with van der Waals surface area (Å²) in [4.78, 5) is 57.1. The number of hydrogen-bond donors (Lipinski definition) is 2. The maximum absolute atomic E-state index is 13.3. The highest BCUT2D eigenvalue weighted by Crippen LogP contribution is 2.27. The molecule has 0 bridgehead atoms. The summed E-state index contributed by atoms with van der Waals surface area (Å²) >= 11 is 4.67. The van der Waals surface area contributed by atoms with Gasteiger partial charge in [0.15, 0.2) is 5.78 Å². The van der Waals surface area contributed by atoms with Gasteiger partial charge in [0.25, 0.3) is 0 Å². The van der Waals surface area contributed by atoms with Crippen LogP contribution in [0.3, 0.4) is 0 Å². The van der Waals surface area contributed by atoms with E-state index < -0.39 is 23.4 Å². The predicted molar refractivity (Wildman–Crippen MR) is 134 cm³/mol. The number of nitrogens with zero attached hydrogens (tertiary/aromatic N) is 2. The van der Waals surface area contributed by atoms with Crippen LogP contribution in [0.4, 0.5) is 0 Å². The Hall–Kier alpha value is -2.59. The molecule has 1 aliphatic heterocycles. The Labute approximate surface area is 211 Å². The van der Waals surface area contributed by atoms with E-state index in [0.717, 1.165) is 21.7 Å². The molecule has 182 valence electrons. The summed E-state index contributed by atoms with van der Waals surface area (Å²) in [6.45, 7) is 7.58. The second kappa shape index (κ2) is 10.8. The van der Waals surface area contributed by atoms with Crippen LogP contribution in [-0.4, -0.2) is 57.3 Å². The molecule has 0 saturated carbocycles. The number of carbonyl (C=O) groups excluding carboxylic acids is 4. The second-order valence-corrected chi connectivity index (χ2v) is 10.8. The maximum atomic E-state index is 13.3. The number of alkyl halides is 1. The summed E-state index contributed by atoms with van der Waals surface area (Å²) in [5.74, 6) is -1.34. The van der Waals surface area contributed by atoms with E-state index in [-0.39, 0.29) is 42.4 Å². The minimum absolute atomic E-state index is 0.0373. The first kappa shape index (κ1) is 26.0. The first-order chi connectivity index (χ1) is 16.0. The van der Waals surface area contributed by atoms with Crippen LogP contribution >= 0.6 is 27.3 Å². The summed E-state index contributed by atoms with van der Waals surface area (Å²) in [5, 5.41) is 5.62. The fourth-order valence-corrected chi connectivity index (χ4v) is 4.80. The number of benzene rings is 1. The molecule has 10 heteroatoms. The van der Waals surface area contributed by atoms with Crippen LogP contribution in [0.25, 0.3) is 10.4 Å². The molecule has 1 aromatic carbocycles. The van der Waals surface area contributed by atoms with Crippen molar-refractivity contribution in [1.82, 2.24) is 20.5 Å². The molecular weight excluding hydrogens is 520 g/mol. The van der Waals surface area contributed by atoms with Gasteiger partial charge in [-0.2, -0.15) is 0 Å². The highest BCUT2D eigenvalue weighted by molar-refractivity contribution is 9.09. The minimum Gasteiger partial charge on any atom is -0.350 e. The van der Waals surface area contributed by atoms with Crippen LogP contribution in [0.1, 0.15) is 38.4 Å². The van der Waals surface area contributed by atoms with Crippen molar-refractivity contribution in [3.63, 3.8) is 0 Å². The van der Waals surface area contributed by atoms with Crippen LogP contribution in [0.2, 0.25) is 0 Å². The number of hydrogen-bond acceptors (Lipinski definition) is 6. The third-order valence-corrected chi connectivity index (χ3v) is 7.18. The lowest BCUT2D eigenvalue weighted by Gasteiger charge is -2.35. The number of thiazole rings is 1. The van der Waals surface area contributed by atoms with Crippen LogP contribution in [-0.2, 0) is 25.7 Å². The van der Waals surface area contributed by atoms with Crippen LogP contribution in [0.5, 0.6) is 0 Å². The number of aryl methyl sites for hydroxylation is 1. The standard InChI is InChI=1S/C24H29BrN4O4S/c1-14-20(34-13-27-14)16-7-5-15(6-8-16)11-26-22(32)18-9-17(30)12-29(18)23(33)21(24(2,3)4)28-19(31)10-25/h5-8,13,18,21H,9-12H2,1-4H3,(H,26,32)(H,28,31)/t18-,21?/m0/s1. The molecule has 0 aliphatic carbocycles. The maximum Gasteiger partial charge on any atom is 0.246 e. The molecule has 1 aromatic heterocycles. The van der Waals surface area contributed by atoms with E-state index in [0.29, 0.717) is 0 Å². The molecule has 0 radical (unpaired) electrons. The fourth-order valence-electron chi connectivity index (χ4n) is 3.83. The number of aromatic nitrogens is 1. The average Bonchev–Trinajstić information content (AvgIpc) is 3.40. The van der Waals surface area contributed by atoms with E-state index in [2.05, 4.69) is 31.5 Å². The minimum atomic E-state index is -0.898. The first-order valence-corrected chi connectivity index (χ1v) is 13.0. The summed E-state index contributed by atoms with van der Waals surface area (Å²) in [5.41, 5.74) is 4.15. The van der Waals surface area contributed by atoms with Crippen molar-refractivity contribution in [1.29, 1.82) is 0 Å². The van der Waals surface area contributed by atoms with Crippen LogP contribution in [0, 0.1) is 12.3 Å². The van der Waals surface area contributed by atoms with Gasteiger partial charge in [0, 0.05) is 13.0 Å². The molecule has 3 rings (SSSR count). The topological polar surface area (TPSA) is 108 Å². The first-order valence-electron chi connectivity index (χ1n) is 11.0. The zero-order valence-corrected chi connectivity index (χ0v) is 22.1. The number of nitrogens with one attached hydrogen (secondary N) is 2. The molecule has 2 atom stereocenters. The summed E-state index contributed by atoms with van der Waals surface area (Å²) in [6.07, 6.45) is -0.0373. The van der Waals surface area contributed by atoms with Gasteiger partial charge >= 0.3 is 0 Å². The van der Waals surface area contributed by atoms with Gasteiger partial charge < -0.3 is 15.5 Å². The monoisotopic (exact) mass is 548 g/mol. The van der Waals surface area contributed by atoms with Gasteiger partial charge in [0.05, 0.1) is 28.0 Å². The summed E-state index contributed by atoms with van der Waals surface area (Å²) in [6, 6.07) is 6.08. The Morgan fingerprint density at radius 2 is 1.91 bits per heavy atom. The van der Waals surface area contributed by atoms with E-state index >= 15 is 0 Å². The smallest absolute Gasteiger partial charge is 0.246 e. The summed E-state index contributed by atoms with van der Waals surface area (Å²) < 4.78 is 0. The van der Waals surface area contributed by atoms with Crippen molar-refractivity contribution < 1.29 is 19.2 Å². The van der Waals surface area contributed by atoms with Crippen molar-refractivity contribution >= 4 is 50.8 Å². The molecule has 2 N–H and O–H groups in total. The number of amides is 3. The Balaban J connectivity index is 1.68. The van der Waals surface area contributed by atoms with Gasteiger partial charge in [0.1, 0.15) is 12.1 Å². The van der Waals surface area contributed by atoms with E-state index in [1.807, 2.05) is 57.5 Å². The molecular formula is C24H29BrN4O4S. The quantitative estimate of drug-likeness (QED) is 0.517. The van der Waals surface area contributed by atoms with E-state index in [1.54, 1.807) is 11.3 Å². The van der Waals surface area contributed by atoms with Crippen molar-refractivity contribution in [2.24, 2.45) is 5.41 Å². The zero-order chi connectivity index (χ0) is 25.0. The Morgan fingerprint density at radius 3 is 2.47 bits per heavy atom. The Bertz CT molecular complexity index is 1080. The molecule has 34 heavy (non-hydrogen) atoms. The van der Waals surface area contributed by atoms with Gasteiger partial charge in [-0.25, -0.2) is 4.98 Å². The molecule has 1 unspecified atom stereocenters. The van der Waals surface area contributed by atoms with Gasteiger partial charge in [-0.3, -0.25) is 19.2 Å². The normalized spacial score (nSPS) is 16.9. The average molecular weight is 549 g/mol. The number of rotatable bonds is 7. The molecule has 2 aromatic rings. The van der Waals surface area contributed by atoms with E-state index in [1.165, 1.54) is 4.90 Å². The highest BCUT2D eigenvalue weighted by atomic mass is 79.9. The predicted octanol–water partition coefficient (Wildman–Crippen LogP) is 2.83. The number of halogens is 1. The Kier molecular flexibility index (Phi) is 8.25. The van der Waals surface area contributed by atoms with Crippen LogP contribution < -0.4 is 10.6 Å². The number of carbonyl (C=O) groups is 4. The van der Waals surface area contributed by atoms with Gasteiger partial charge in [-0.1, -0.05) is 61.0 Å². The number of ketones is 1. The van der Waals surface area contributed by atoms with Gasteiger partial charge in [-0.05, 0) is 23.5 Å². The third kappa shape index (κ3) is 6.09. The van der Waals surface area contributed by atoms with Crippen molar-refractivity contribution in [3.05, 3.63) is 41.0 Å². The SMILES string of the molecule is Cc1ncsc1-c1ccc(CNC(=O)[C@@H]2CC(=O)CN2C(=O)C(NC(=O)CBr)C(C)(C)C)cc1. The zero-order valence-electron chi connectivity index (χ0n) is 19.7. The van der Waals surface area contributed by atoms with Gasteiger partial charge in [0.2, 0.25) is 17.7 Å². The lowest BCUT2D eigenvalue weighted by atomic mass is 9.85. The highest BCUT2D eigenvalue weighted by Gasteiger charge is 2.44. The molecule has 2 heterocycles. The van der Waals surface area contributed by atoms with Crippen molar-refractivity contribution in [3.8, 4) is 10.4 Å². The number of Topliss-reactive ketones (excluding diaryl/α,β-unsaturated/α-hetero) is 1. The van der Waals surface area contributed by atoms with E-state index in [4.69, 9.17) is 0 Å². The van der Waals surface area contributed by atoms with E-state index in [9.17, 15) is 19.2 Å². The molecule has 8 nitrogen and oxygen atoms in total. The van der Waals surface area contributed by atoms with Crippen LogP contribution in [0.15, 0.2) is 29.8 Å². The molecule has 3 amide bonds. The lowest BCUT2D eigenvalue weighted by Crippen LogP contribution is -2.57. The van der Waals surface area contributed by atoms with Crippen molar-refractivity contribution in [2.45, 2.75) is 52.7 Å². The number of likely N-dealkylation sites (tertiary alicyclic amines) is 1. The molecule has 1 aliphatic rings. The summed E-state index contributed by atoms with van der Waals surface area (Å²) in [7, 11) is 0. The molecule has 1 fully saturated rings. The lowest BCUT2D eigenvalue weighted by molar-refractivity contribution is -0.143. The van der Waals surface area contributed by atoms with Crippen molar-refractivity contribution in [2.75, 3.05) is 11.9 Å².